The van der Waals surface area contributed by atoms with Crippen molar-refractivity contribution < 1.29 is 37.1 Å². The van der Waals surface area contributed by atoms with E-state index in [1.54, 1.807) is 39.0 Å². The molecule has 6 rings (SSSR count). The van der Waals surface area contributed by atoms with Crippen molar-refractivity contribution in [1.82, 2.24) is 35.5 Å². The Morgan fingerprint density at radius 3 is 2.49 bits per heavy atom. The molecule has 2 saturated carbocycles. The van der Waals surface area contributed by atoms with Crippen molar-refractivity contribution in [2.75, 3.05) is 6.54 Å². The van der Waals surface area contributed by atoms with Gasteiger partial charge in [-0.3, -0.25) is 28.9 Å². The van der Waals surface area contributed by atoms with Gasteiger partial charge in [0.25, 0.3) is 11.8 Å². The van der Waals surface area contributed by atoms with Crippen LogP contribution in [0.25, 0.3) is 11.0 Å². The number of alkyl carbamates (subject to hydrolysis) is 1. The molecule has 3 fully saturated rings. The number of benzene rings is 1. The Morgan fingerprint density at radius 2 is 1.76 bits per heavy atom. The van der Waals surface area contributed by atoms with Crippen LogP contribution in [0.5, 0.6) is 0 Å². The second kappa shape index (κ2) is 14.2. The second-order valence-corrected chi connectivity index (χ2v) is 16.8. The predicted octanol–water partition coefficient (Wildman–Crippen LogP) is 2.23. The highest BCUT2D eigenvalue weighted by Crippen LogP contribution is 2.46. The molecule has 3 heterocycles. The minimum atomic E-state index is -3.90. The number of carbonyl (C=O) groups excluding carboxylic acids is 5. The highest BCUT2D eigenvalue weighted by molar-refractivity contribution is 7.91. The van der Waals surface area contributed by atoms with Crippen molar-refractivity contribution in [1.29, 1.82) is 0 Å². The molecule has 15 nitrogen and oxygen atoms in total. The van der Waals surface area contributed by atoms with Crippen molar-refractivity contribution in [3.05, 3.63) is 48.3 Å². The van der Waals surface area contributed by atoms with Gasteiger partial charge in [0.05, 0.1) is 22.5 Å². The number of hydrogen-bond donors (Lipinski definition) is 4. The van der Waals surface area contributed by atoms with E-state index >= 15 is 0 Å². The Kier molecular flexibility index (Phi) is 10.1. The lowest BCUT2D eigenvalue weighted by atomic mass is 10.0. The molecule has 2 aliphatic heterocycles. The SMILES string of the molecule is CC(C)(C)OC(=O)N[C@H]1CCCCC/C=C\[C@@H]2C[C@@]2(C(=O)NS(=O)(=O)C2CC2)NC(=O)[C@@H]2C[C@@H](NC(=O)c3cnc4ccccc4n3)CN2C1=O. The van der Waals surface area contributed by atoms with Crippen LogP contribution >= 0.6 is 0 Å². The van der Waals surface area contributed by atoms with Crippen LogP contribution in [0.4, 0.5) is 4.79 Å². The quantitative estimate of drug-likeness (QED) is 0.320. The van der Waals surface area contributed by atoms with Gasteiger partial charge in [0.2, 0.25) is 21.8 Å². The summed E-state index contributed by atoms with van der Waals surface area (Å²) in [4.78, 5) is 78.4. The molecular formula is C35H45N7O8S. The molecule has 1 aromatic heterocycles. The number of fused-ring (bicyclic) bond motifs is 3. The monoisotopic (exact) mass is 723 g/mol. The summed E-state index contributed by atoms with van der Waals surface area (Å²) in [5, 5.41) is 7.74. The van der Waals surface area contributed by atoms with E-state index in [1.807, 2.05) is 18.2 Å². The van der Waals surface area contributed by atoms with E-state index in [0.29, 0.717) is 36.7 Å². The van der Waals surface area contributed by atoms with Crippen LogP contribution in [0.1, 0.15) is 89.0 Å². The molecule has 4 aliphatic rings. The normalized spacial score (nSPS) is 27.9. The number of nitrogens with one attached hydrogen (secondary N) is 4. The lowest BCUT2D eigenvalue weighted by molar-refractivity contribution is -0.141. The van der Waals surface area contributed by atoms with Crippen molar-refractivity contribution in [2.45, 2.75) is 113 Å². The Labute approximate surface area is 296 Å². The number of sulfonamides is 1. The molecular weight excluding hydrogens is 678 g/mol. The average Bonchev–Trinajstić information content (AvgIpc) is 3.99. The zero-order chi connectivity index (χ0) is 36.6. The Hall–Kier alpha value is -4.60. The van der Waals surface area contributed by atoms with Crippen LogP contribution in [0.2, 0.25) is 0 Å². The Bertz CT molecular complexity index is 1860. The molecule has 16 heteroatoms. The van der Waals surface area contributed by atoms with Crippen LogP contribution in [0.3, 0.4) is 0 Å². The zero-order valence-corrected chi connectivity index (χ0v) is 29.8. The van der Waals surface area contributed by atoms with Gasteiger partial charge in [0.15, 0.2) is 0 Å². The molecule has 274 valence electrons. The maximum absolute atomic E-state index is 14.3. The number of nitrogens with zero attached hydrogens (tertiary/aromatic N) is 3. The van der Waals surface area contributed by atoms with E-state index in [2.05, 4.69) is 30.6 Å². The summed E-state index contributed by atoms with van der Waals surface area (Å²) in [5.41, 5.74) is -1.16. The van der Waals surface area contributed by atoms with E-state index in [1.165, 1.54) is 11.1 Å². The van der Waals surface area contributed by atoms with Gasteiger partial charge >= 0.3 is 6.09 Å². The van der Waals surface area contributed by atoms with Crippen LogP contribution in [-0.2, 0) is 29.1 Å². The summed E-state index contributed by atoms with van der Waals surface area (Å²) in [5.74, 6) is -3.03. The second-order valence-electron chi connectivity index (χ2n) is 14.9. The zero-order valence-electron chi connectivity index (χ0n) is 29.0. The number of carbonyl (C=O) groups is 5. The molecule has 1 saturated heterocycles. The topological polar surface area (TPSA) is 206 Å². The van der Waals surface area contributed by atoms with E-state index in [0.717, 1.165) is 12.8 Å². The first-order chi connectivity index (χ1) is 24.1. The minimum absolute atomic E-state index is 0.0118. The number of ether oxygens (including phenoxy) is 1. The highest BCUT2D eigenvalue weighted by atomic mass is 32.2. The smallest absolute Gasteiger partial charge is 0.408 e. The molecule has 0 spiro atoms. The number of rotatable bonds is 6. The number of hydrogen-bond acceptors (Lipinski definition) is 10. The van der Waals surface area contributed by atoms with Gasteiger partial charge in [0.1, 0.15) is 28.9 Å². The van der Waals surface area contributed by atoms with Crippen molar-refractivity contribution in [3.63, 3.8) is 0 Å². The molecule has 2 aromatic rings. The summed E-state index contributed by atoms with van der Waals surface area (Å²) in [6, 6.07) is 4.19. The van der Waals surface area contributed by atoms with Crippen LogP contribution in [-0.4, -0.2) is 94.1 Å². The van der Waals surface area contributed by atoms with Gasteiger partial charge in [-0.25, -0.2) is 18.2 Å². The molecule has 5 amide bonds. The number of amides is 5. The van der Waals surface area contributed by atoms with Crippen molar-refractivity contribution in [3.8, 4) is 0 Å². The van der Waals surface area contributed by atoms with E-state index < -0.39 is 80.2 Å². The van der Waals surface area contributed by atoms with Gasteiger partial charge in [-0.15, -0.1) is 0 Å². The Morgan fingerprint density at radius 1 is 1.02 bits per heavy atom. The molecule has 5 atom stereocenters. The highest BCUT2D eigenvalue weighted by Gasteiger charge is 2.62. The van der Waals surface area contributed by atoms with Crippen LogP contribution < -0.4 is 20.7 Å². The molecule has 51 heavy (non-hydrogen) atoms. The summed E-state index contributed by atoms with van der Waals surface area (Å²) >= 11 is 0. The summed E-state index contributed by atoms with van der Waals surface area (Å²) < 4.78 is 33.1. The van der Waals surface area contributed by atoms with Crippen LogP contribution in [0.15, 0.2) is 42.6 Å². The predicted molar refractivity (Wildman–Crippen MR) is 185 cm³/mol. The molecule has 0 unspecified atom stereocenters. The molecule has 0 bridgehead atoms. The number of aromatic nitrogens is 2. The maximum atomic E-state index is 14.3. The molecule has 0 radical (unpaired) electrons. The van der Waals surface area contributed by atoms with E-state index in [4.69, 9.17) is 4.74 Å². The van der Waals surface area contributed by atoms with Gasteiger partial charge in [-0.2, -0.15) is 0 Å². The summed E-state index contributed by atoms with van der Waals surface area (Å²) in [7, 11) is -3.90. The van der Waals surface area contributed by atoms with Crippen molar-refractivity contribution >= 4 is 50.8 Å². The van der Waals surface area contributed by atoms with Crippen LogP contribution in [0, 0.1) is 5.92 Å². The van der Waals surface area contributed by atoms with Gasteiger partial charge < -0.3 is 25.6 Å². The fourth-order valence-corrected chi connectivity index (χ4v) is 8.04. The largest absolute Gasteiger partial charge is 0.444 e. The third-order valence-electron chi connectivity index (χ3n) is 9.59. The third kappa shape index (κ3) is 8.48. The molecule has 2 aliphatic carbocycles. The standard InChI is InChI=1S/C35H45N7O8S/c1-34(2,3)50-33(47)39-26-14-8-6-4-5-7-11-21-18-35(21,32(46)41-51(48,49)23-15-16-23)40-30(44)28-17-22(20-42(28)31(26)45)37-29(43)27-19-36-24-12-9-10-13-25(24)38-27/h7,9-13,19,21-23,26,28H,4-6,8,14-18,20H2,1-3H3,(H,37,43)(H,39,47)(H,40,44)(H,41,46)/b11-7-/t21-,22-,26+,28+,35-/m1/s1. The van der Waals surface area contributed by atoms with E-state index in [-0.39, 0.29) is 31.5 Å². The average molecular weight is 724 g/mol. The summed E-state index contributed by atoms with van der Waals surface area (Å²) in [6.07, 6.45) is 8.49. The number of allylic oxidation sites excluding steroid dienone is 1. The number of para-hydroxylation sites is 2. The summed E-state index contributed by atoms with van der Waals surface area (Å²) in [6.45, 7) is 5.05. The molecule has 4 N–H and O–H groups in total. The van der Waals surface area contributed by atoms with E-state index in [9.17, 15) is 32.4 Å². The van der Waals surface area contributed by atoms with Gasteiger partial charge in [-0.05, 0) is 77.8 Å². The third-order valence-corrected chi connectivity index (χ3v) is 11.4. The van der Waals surface area contributed by atoms with Gasteiger partial charge in [-0.1, -0.05) is 37.1 Å². The lowest BCUT2D eigenvalue weighted by Crippen LogP contribution is -2.58. The van der Waals surface area contributed by atoms with Crippen molar-refractivity contribution in [2.24, 2.45) is 5.92 Å². The first-order valence-corrected chi connectivity index (χ1v) is 19.1. The lowest BCUT2D eigenvalue weighted by Gasteiger charge is -2.30. The Balaban J connectivity index is 1.27. The first-order valence-electron chi connectivity index (χ1n) is 17.5. The fraction of sp³-hybridized carbons (Fsp3) is 0.571. The fourth-order valence-electron chi connectivity index (χ4n) is 6.68. The molecule has 1 aromatic carbocycles. The first kappa shape index (κ1) is 36.2. The van der Waals surface area contributed by atoms with Gasteiger partial charge in [0, 0.05) is 18.5 Å². The maximum Gasteiger partial charge on any atom is 0.408 e. The minimum Gasteiger partial charge on any atom is -0.444 e.